The Kier molecular flexibility index (Phi) is 5.10. The van der Waals surface area contributed by atoms with E-state index in [-0.39, 0.29) is 17.6 Å². The molecule has 1 aliphatic rings. The van der Waals surface area contributed by atoms with Crippen molar-refractivity contribution in [1.29, 1.82) is 0 Å². The Morgan fingerprint density at radius 3 is 2.71 bits per heavy atom. The lowest BCUT2D eigenvalue weighted by atomic mass is 9.65. The first-order valence-electron chi connectivity index (χ1n) is 7.18. The fourth-order valence-corrected chi connectivity index (χ4v) is 5.38. The maximum Gasteiger partial charge on any atom is 0.250 e. The first kappa shape index (κ1) is 16.9. The highest BCUT2D eigenvalue weighted by Gasteiger charge is 2.50. The standard InChI is InChI=1S/C14H24N2O3S2/c1-5-19-12-8-11(14(12,2)3)16-21(17,18)13-7-6-10(20-13)9-15-4/h6-7,11-12,15-16H,5,8-9H2,1-4H3. The predicted molar refractivity (Wildman–Crippen MR) is 85.0 cm³/mol. The molecule has 0 aromatic carbocycles. The molecular formula is C14H24N2O3S2. The van der Waals surface area contributed by atoms with Gasteiger partial charge in [0.2, 0.25) is 10.0 Å². The van der Waals surface area contributed by atoms with Crippen molar-refractivity contribution in [2.75, 3.05) is 13.7 Å². The van der Waals surface area contributed by atoms with Crippen molar-refractivity contribution in [2.45, 2.75) is 50.1 Å². The number of nitrogens with one attached hydrogen (secondary N) is 2. The summed E-state index contributed by atoms with van der Waals surface area (Å²) in [6, 6.07) is 3.45. The monoisotopic (exact) mass is 332 g/mol. The van der Waals surface area contributed by atoms with Crippen molar-refractivity contribution in [3.8, 4) is 0 Å². The molecule has 0 saturated heterocycles. The van der Waals surface area contributed by atoms with Gasteiger partial charge < -0.3 is 10.1 Å². The van der Waals surface area contributed by atoms with E-state index in [1.165, 1.54) is 11.3 Å². The van der Waals surface area contributed by atoms with Gasteiger partial charge in [0.05, 0.1) is 6.10 Å². The average Bonchev–Trinajstić information content (AvgIpc) is 2.87. The summed E-state index contributed by atoms with van der Waals surface area (Å²) in [5, 5.41) is 3.02. The maximum atomic E-state index is 12.4. The van der Waals surface area contributed by atoms with Crippen molar-refractivity contribution in [1.82, 2.24) is 10.0 Å². The third-order valence-electron chi connectivity index (χ3n) is 4.10. The van der Waals surface area contributed by atoms with Gasteiger partial charge in [0.15, 0.2) is 0 Å². The van der Waals surface area contributed by atoms with E-state index >= 15 is 0 Å². The number of ether oxygens (including phenoxy) is 1. The molecule has 1 heterocycles. The fraction of sp³-hybridized carbons (Fsp3) is 0.714. The highest BCUT2D eigenvalue weighted by atomic mass is 32.2. The molecule has 2 N–H and O–H groups in total. The lowest BCUT2D eigenvalue weighted by Crippen LogP contribution is -2.61. The number of hydrogen-bond acceptors (Lipinski definition) is 5. The van der Waals surface area contributed by atoms with Crippen LogP contribution in [-0.2, 0) is 21.3 Å². The molecule has 2 atom stereocenters. The minimum Gasteiger partial charge on any atom is -0.378 e. The van der Waals surface area contributed by atoms with E-state index in [0.717, 1.165) is 11.3 Å². The van der Waals surface area contributed by atoms with Gasteiger partial charge in [-0.2, -0.15) is 0 Å². The molecule has 120 valence electrons. The SMILES string of the molecule is CCOC1CC(NS(=O)(=O)c2ccc(CNC)s2)C1(C)C. The second-order valence-electron chi connectivity index (χ2n) is 5.93. The van der Waals surface area contributed by atoms with E-state index < -0.39 is 10.0 Å². The van der Waals surface area contributed by atoms with Crippen molar-refractivity contribution < 1.29 is 13.2 Å². The van der Waals surface area contributed by atoms with Crippen LogP contribution < -0.4 is 10.0 Å². The molecule has 0 spiro atoms. The molecule has 1 fully saturated rings. The summed E-state index contributed by atoms with van der Waals surface area (Å²) in [5.41, 5.74) is -0.172. The summed E-state index contributed by atoms with van der Waals surface area (Å²) in [6.07, 6.45) is 0.854. The van der Waals surface area contributed by atoms with Gasteiger partial charge in [-0.1, -0.05) is 13.8 Å². The Bertz CT molecular complexity index is 581. The third-order valence-corrected chi connectivity index (χ3v) is 7.14. The fourth-order valence-electron chi connectivity index (χ4n) is 2.59. The van der Waals surface area contributed by atoms with Gasteiger partial charge in [-0.3, -0.25) is 0 Å². The molecule has 1 saturated carbocycles. The molecule has 7 heteroatoms. The van der Waals surface area contributed by atoms with Crippen LogP contribution in [0.15, 0.2) is 16.3 Å². The molecule has 2 unspecified atom stereocenters. The molecular weight excluding hydrogens is 308 g/mol. The van der Waals surface area contributed by atoms with Crippen LogP contribution in [0.25, 0.3) is 0 Å². The van der Waals surface area contributed by atoms with Gasteiger partial charge >= 0.3 is 0 Å². The minimum absolute atomic E-state index is 0.0751. The van der Waals surface area contributed by atoms with Crippen LogP contribution in [0.2, 0.25) is 0 Å². The largest absolute Gasteiger partial charge is 0.378 e. The van der Waals surface area contributed by atoms with Crippen molar-refractivity contribution in [3.63, 3.8) is 0 Å². The van der Waals surface area contributed by atoms with Crippen LogP contribution in [0.5, 0.6) is 0 Å². The van der Waals surface area contributed by atoms with Crippen LogP contribution in [0.3, 0.4) is 0 Å². The summed E-state index contributed by atoms with van der Waals surface area (Å²) in [4.78, 5) is 1.01. The van der Waals surface area contributed by atoms with Crippen molar-refractivity contribution >= 4 is 21.4 Å². The zero-order valence-electron chi connectivity index (χ0n) is 13.0. The Labute approximate surface area is 131 Å². The van der Waals surface area contributed by atoms with E-state index in [1.807, 2.05) is 33.9 Å². The molecule has 1 aromatic rings. The Balaban J connectivity index is 2.05. The van der Waals surface area contributed by atoms with E-state index in [4.69, 9.17) is 4.74 Å². The molecule has 0 radical (unpaired) electrons. The summed E-state index contributed by atoms with van der Waals surface area (Å²) in [6.45, 7) is 7.39. The second-order valence-corrected chi connectivity index (χ2v) is 9.04. The van der Waals surface area contributed by atoms with Crippen LogP contribution in [-0.4, -0.2) is 34.2 Å². The molecule has 5 nitrogen and oxygen atoms in total. The lowest BCUT2D eigenvalue weighted by molar-refractivity contribution is -0.108. The number of rotatable bonds is 7. The zero-order chi connectivity index (χ0) is 15.7. The minimum atomic E-state index is -3.44. The average molecular weight is 332 g/mol. The Hall–Kier alpha value is -0.470. The number of thiophene rings is 1. The van der Waals surface area contributed by atoms with Crippen LogP contribution in [0.4, 0.5) is 0 Å². The molecule has 0 aliphatic heterocycles. The topological polar surface area (TPSA) is 67.4 Å². The van der Waals surface area contributed by atoms with Gasteiger partial charge in [-0.15, -0.1) is 11.3 Å². The zero-order valence-corrected chi connectivity index (χ0v) is 14.6. The second kappa shape index (κ2) is 6.34. The van der Waals surface area contributed by atoms with E-state index in [2.05, 4.69) is 10.0 Å². The van der Waals surface area contributed by atoms with Gasteiger partial charge in [0.25, 0.3) is 0 Å². The first-order chi connectivity index (χ1) is 9.81. The van der Waals surface area contributed by atoms with Gasteiger partial charge in [0, 0.05) is 29.5 Å². The van der Waals surface area contributed by atoms with Crippen LogP contribution in [0, 0.1) is 5.41 Å². The maximum absolute atomic E-state index is 12.4. The first-order valence-corrected chi connectivity index (χ1v) is 9.48. The van der Waals surface area contributed by atoms with E-state index in [9.17, 15) is 8.42 Å². The molecule has 1 aliphatic carbocycles. The molecule has 0 bridgehead atoms. The lowest BCUT2D eigenvalue weighted by Gasteiger charge is -2.51. The molecule has 1 aromatic heterocycles. The number of sulfonamides is 1. The van der Waals surface area contributed by atoms with Gasteiger partial charge in [-0.05, 0) is 32.5 Å². The normalized spacial score (nSPS) is 24.8. The van der Waals surface area contributed by atoms with Gasteiger partial charge in [-0.25, -0.2) is 13.1 Å². The molecule has 21 heavy (non-hydrogen) atoms. The quantitative estimate of drug-likeness (QED) is 0.801. The van der Waals surface area contributed by atoms with E-state index in [0.29, 0.717) is 17.4 Å². The highest BCUT2D eigenvalue weighted by molar-refractivity contribution is 7.91. The van der Waals surface area contributed by atoms with Crippen LogP contribution >= 0.6 is 11.3 Å². The summed E-state index contributed by atoms with van der Waals surface area (Å²) in [5.74, 6) is 0. The molecule has 0 amide bonds. The number of hydrogen-bond donors (Lipinski definition) is 2. The summed E-state index contributed by atoms with van der Waals surface area (Å²) < 4.78 is 33.7. The third kappa shape index (κ3) is 3.48. The van der Waals surface area contributed by atoms with Crippen molar-refractivity contribution in [3.05, 3.63) is 17.0 Å². The Morgan fingerprint density at radius 1 is 1.43 bits per heavy atom. The summed E-state index contributed by atoms with van der Waals surface area (Å²) in [7, 11) is -1.60. The Morgan fingerprint density at radius 2 is 2.14 bits per heavy atom. The van der Waals surface area contributed by atoms with Gasteiger partial charge in [0.1, 0.15) is 4.21 Å². The summed E-state index contributed by atoms with van der Waals surface area (Å²) >= 11 is 1.31. The van der Waals surface area contributed by atoms with Crippen LogP contribution in [0.1, 0.15) is 32.1 Å². The highest BCUT2D eigenvalue weighted by Crippen LogP contribution is 2.43. The van der Waals surface area contributed by atoms with E-state index in [1.54, 1.807) is 6.07 Å². The predicted octanol–water partition coefficient (Wildman–Crippen LogP) is 1.95. The van der Waals surface area contributed by atoms with Crippen molar-refractivity contribution in [2.24, 2.45) is 5.41 Å². The molecule has 2 rings (SSSR count). The smallest absolute Gasteiger partial charge is 0.250 e.